The van der Waals surface area contributed by atoms with E-state index in [-0.39, 0.29) is 0 Å². The average Bonchev–Trinajstić information content (AvgIpc) is 2.56. The molecule has 0 amide bonds. The molecule has 0 aliphatic carbocycles. The highest BCUT2D eigenvalue weighted by molar-refractivity contribution is 9.10. The first-order chi connectivity index (χ1) is 6.74. The summed E-state index contributed by atoms with van der Waals surface area (Å²) in [6.45, 7) is 2.01. The van der Waals surface area contributed by atoms with Gasteiger partial charge in [-0.25, -0.2) is 15.0 Å². The molecule has 2 aromatic heterocycles. The van der Waals surface area contributed by atoms with Crippen LogP contribution in [0.4, 0.5) is 11.1 Å². The minimum Gasteiger partial charge on any atom is -0.300 e. The lowest BCUT2D eigenvalue weighted by molar-refractivity contribution is 1.15. The summed E-state index contributed by atoms with van der Waals surface area (Å²) in [6.07, 6.45) is 5.19. The molecule has 72 valence electrons. The summed E-state index contributed by atoms with van der Waals surface area (Å²) in [6, 6.07) is 0. The Morgan fingerprint density at radius 1 is 1.21 bits per heavy atom. The van der Waals surface area contributed by atoms with Gasteiger partial charge in [0.05, 0.1) is 4.47 Å². The van der Waals surface area contributed by atoms with Gasteiger partial charge >= 0.3 is 0 Å². The van der Waals surface area contributed by atoms with E-state index < -0.39 is 0 Å². The normalized spacial score (nSPS) is 10.1. The monoisotopic (exact) mass is 270 g/mol. The van der Waals surface area contributed by atoms with Crippen LogP contribution in [0.3, 0.4) is 0 Å². The van der Waals surface area contributed by atoms with E-state index in [0.29, 0.717) is 5.95 Å². The van der Waals surface area contributed by atoms with E-state index in [9.17, 15) is 0 Å². The van der Waals surface area contributed by atoms with Crippen molar-refractivity contribution in [2.75, 3.05) is 5.32 Å². The van der Waals surface area contributed by atoms with Crippen molar-refractivity contribution >= 4 is 38.3 Å². The second-order valence-electron chi connectivity index (χ2n) is 2.63. The lowest BCUT2D eigenvalue weighted by atomic mass is 10.6. The van der Waals surface area contributed by atoms with Gasteiger partial charge in [0.25, 0.3) is 0 Å². The van der Waals surface area contributed by atoms with Gasteiger partial charge in [-0.3, -0.25) is 0 Å². The van der Waals surface area contributed by atoms with Crippen LogP contribution in [-0.4, -0.2) is 15.0 Å². The molecule has 0 spiro atoms. The predicted molar refractivity (Wildman–Crippen MR) is 59.9 cm³/mol. The third-order valence-electron chi connectivity index (χ3n) is 1.46. The molecule has 14 heavy (non-hydrogen) atoms. The number of hydrogen-bond acceptors (Lipinski definition) is 5. The summed E-state index contributed by atoms with van der Waals surface area (Å²) < 4.78 is 0.860. The lowest BCUT2D eigenvalue weighted by Gasteiger charge is -1.98. The van der Waals surface area contributed by atoms with E-state index in [1.165, 1.54) is 0 Å². The summed E-state index contributed by atoms with van der Waals surface area (Å²) >= 11 is 4.84. The Kier molecular flexibility index (Phi) is 2.74. The van der Waals surface area contributed by atoms with Gasteiger partial charge in [-0.05, 0) is 22.9 Å². The van der Waals surface area contributed by atoms with Crippen molar-refractivity contribution < 1.29 is 0 Å². The molecule has 0 saturated heterocycles. The molecule has 0 radical (unpaired) electrons. The SMILES string of the molecule is Cc1cnc(Nc2ncc(Br)cn2)s1. The molecule has 0 saturated carbocycles. The molecule has 0 atom stereocenters. The zero-order valence-corrected chi connectivity index (χ0v) is 9.76. The van der Waals surface area contributed by atoms with Crippen molar-refractivity contribution in [1.82, 2.24) is 15.0 Å². The molecular weight excluding hydrogens is 264 g/mol. The number of nitrogens with one attached hydrogen (secondary N) is 1. The highest BCUT2D eigenvalue weighted by atomic mass is 79.9. The standard InChI is InChI=1S/C8H7BrN4S/c1-5-2-12-8(14-5)13-7-10-3-6(9)4-11-7/h2-4H,1H3,(H,10,11,12,13). The summed E-state index contributed by atoms with van der Waals surface area (Å²) in [5.41, 5.74) is 0. The quantitative estimate of drug-likeness (QED) is 0.912. The zero-order chi connectivity index (χ0) is 9.97. The minimum absolute atomic E-state index is 0.558. The average molecular weight is 271 g/mol. The number of anilines is 2. The summed E-state index contributed by atoms with van der Waals surface area (Å²) in [4.78, 5) is 13.5. The Balaban J connectivity index is 2.15. The minimum atomic E-state index is 0.558. The Morgan fingerprint density at radius 3 is 2.50 bits per heavy atom. The van der Waals surface area contributed by atoms with Crippen LogP contribution < -0.4 is 5.32 Å². The number of thiazole rings is 1. The molecule has 6 heteroatoms. The van der Waals surface area contributed by atoms with E-state index in [1.54, 1.807) is 23.7 Å². The molecule has 1 N–H and O–H groups in total. The maximum atomic E-state index is 4.15. The summed E-state index contributed by atoms with van der Waals surface area (Å²) in [5, 5.41) is 3.83. The van der Waals surface area contributed by atoms with E-state index >= 15 is 0 Å². The largest absolute Gasteiger partial charge is 0.300 e. The second-order valence-corrected chi connectivity index (χ2v) is 4.78. The number of rotatable bonds is 2. The lowest BCUT2D eigenvalue weighted by Crippen LogP contribution is -1.94. The topological polar surface area (TPSA) is 50.7 Å². The molecule has 2 rings (SSSR count). The molecule has 2 aromatic rings. The van der Waals surface area contributed by atoms with Crippen molar-refractivity contribution in [3.63, 3.8) is 0 Å². The maximum Gasteiger partial charge on any atom is 0.228 e. The van der Waals surface area contributed by atoms with Gasteiger partial charge in [0.2, 0.25) is 5.95 Å². The molecule has 0 aromatic carbocycles. The van der Waals surface area contributed by atoms with E-state index in [4.69, 9.17) is 0 Å². The molecule has 0 aliphatic rings. The fraction of sp³-hybridized carbons (Fsp3) is 0.125. The maximum absolute atomic E-state index is 4.15. The third-order valence-corrected chi connectivity index (χ3v) is 2.70. The Hall–Kier alpha value is -1.01. The highest BCUT2D eigenvalue weighted by Crippen LogP contribution is 2.19. The van der Waals surface area contributed by atoms with Gasteiger partial charge in [-0.1, -0.05) is 0 Å². The van der Waals surface area contributed by atoms with Gasteiger partial charge in [0.15, 0.2) is 5.13 Å². The zero-order valence-electron chi connectivity index (χ0n) is 7.36. The Labute approximate surface area is 93.6 Å². The second kappa shape index (κ2) is 4.02. The molecule has 4 nitrogen and oxygen atoms in total. The van der Waals surface area contributed by atoms with Crippen LogP contribution in [0.5, 0.6) is 0 Å². The highest BCUT2D eigenvalue weighted by Gasteiger charge is 2.00. The van der Waals surface area contributed by atoms with Gasteiger partial charge in [0.1, 0.15) is 0 Å². The van der Waals surface area contributed by atoms with Gasteiger partial charge in [0, 0.05) is 23.5 Å². The van der Waals surface area contributed by atoms with E-state index in [0.717, 1.165) is 14.5 Å². The van der Waals surface area contributed by atoms with E-state index in [2.05, 4.69) is 36.2 Å². The Bertz CT molecular complexity index is 425. The summed E-state index contributed by atoms with van der Waals surface area (Å²) in [5.74, 6) is 0.558. The fourth-order valence-corrected chi connectivity index (χ4v) is 1.75. The van der Waals surface area contributed by atoms with Crippen LogP contribution in [0.25, 0.3) is 0 Å². The number of aryl methyl sites for hydroxylation is 1. The molecule has 0 unspecified atom stereocenters. The first kappa shape index (κ1) is 9.54. The van der Waals surface area contributed by atoms with E-state index in [1.807, 2.05) is 13.1 Å². The van der Waals surface area contributed by atoms with Crippen LogP contribution >= 0.6 is 27.3 Å². The predicted octanol–water partition coefficient (Wildman–Crippen LogP) is 2.75. The molecule has 0 fully saturated rings. The number of aromatic nitrogens is 3. The van der Waals surface area contributed by atoms with Crippen LogP contribution in [0, 0.1) is 6.92 Å². The van der Waals surface area contributed by atoms with Gasteiger partial charge in [-0.2, -0.15) is 0 Å². The fourth-order valence-electron chi connectivity index (χ4n) is 0.885. The van der Waals surface area contributed by atoms with Crippen molar-refractivity contribution in [1.29, 1.82) is 0 Å². The summed E-state index contributed by atoms with van der Waals surface area (Å²) in [7, 11) is 0. The van der Waals surface area contributed by atoms with Gasteiger partial charge in [-0.15, -0.1) is 11.3 Å². The van der Waals surface area contributed by atoms with Crippen LogP contribution in [-0.2, 0) is 0 Å². The number of nitrogens with zero attached hydrogens (tertiary/aromatic N) is 3. The van der Waals surface area contributed by atoms with Crippen molar-refractivity contribution in [3.05, 3.63) is 27.9 Å². The van der Waals surface area contributed by atoms with Gasteiger partial charge < -0.3 is 5.32 Å². The number of halogens is 1. The molecule has 2 heterocycles. The van der Waals surface area contributed by atoms with Crippen LogP contribution in [0.2, 0.25) is 0 Å². The smallest absolute Gasteiger partial charge is 0.228 e. The Morgan fingerprint density at radius 2 is 1.93 bits per heavy atom. The number of hydrogen-bond donors (Lipinski definition) is 1. The molecule has 0 bridgehead atoms. The third kappa shape index (κ3) is 2.27. The molecular formula is C8H7BrN4S. The first-order valence-electron chi connectivity index (χ1n) is 3.91. The first-order valence-corrected chi connectivity index (χ1v) is 5.52. The molecule has 0 aliphatic heterocycles. The van der Waals surface area contributed by atoms with Crippen molar-refractivity contribution in [2.45, 2.75) is 6.92 Å². The van der Waals surface area contributed by atoms with Crippen molar-refractivity contribution in [3.8, 4) is 0 Å². The van der Waals surface area contributed by atoms with Crippen LogP contribution in [0.1, 0.15) is 4.88 Å². The van der Waals surface area contributed by atoms with Crippen molar-refractivity contribution in [2.24, 2.45) is 0 Å². The van der Waals surface area contributed by atoms with Crippen LogP contribution in [0.15, 0.2) is 23.1 Å².